The molecule has 0 spiro atoms. The third-order valence-corrected chi connectivity index (χ3v) is 7.43. The monoisotopic (exact) mass is 526 g/mol. The number of piperidine rings is 1. The number of aromatic nitrogens is 3. The first-order valence-electron chi connectivity index (χ1n) is 13.6. The van der Waals surface area contributed by atoms with E-state index in [0.717, 1.165) is 81.4 Å². The summed E-state index contributed by atoms with van der Waals surface area (Å²) in [7, 11) is 0. The summed E-state index contributed by atoms with van der Waals surface area (Å²) in [5.74, 6) is 0.737. The lowest BCUT2D eigenvalue weighted by molar-refractivity contribution is 0.0322. The Labute approximate surface area is 227 Å². The number of ether oxygens (including phenoxy) is 2. The fraction of sp³-hybridized carbons (Fsp3) is 0.367. The molecule has 0 unspecified atom stereocenters. The van der Waals surface area contributed by atoms with Crippen molar-refractivity contribution in [1.29, 1.82) is 5.26 Å². The van der Waals surface area contributed by atoms with Gasteiger partial charge in [0.25, 0.3) is 0 Å². The molecule has 0 bridgehead atoms. The summed E-state index contributed by atoms with van der Waals surface area (Å²) in [5.41, 5.74) is 3.91. The van der Waals surface area contributed by atoms with Crippen LogP contribution < -0.4 is 9.64 Å². The maximum absolute atomic E-state index is 14.7. The number of imidazole rings is 1. The SMILES string of the molecule is N#Cc1ccc(-c2nc3c(N4CCCCC4)ccnc3n2-c2cccc(OCCN3CCOCC3)c2)cc1F. The Morgan fingerprint density at radius 1 is 1.00 bits per heavy atom. The summed E-state index contributed by atoms with van der Waals surface area (Å²) in [4.78, 5) is 14.5. The molecule has 0 aliphatic carbocycles. The van der Waals surface area contributed by atoms with E-state index in [0.29, 0.717) is 23.6 Å². The summed E-state index contributed by atoms with van der Waals surface area (Å²) in [6, 6.07) is 16.4. The van der Waals surface area contributed by atoms with Crippen LogP contribution in [0, 0.1) is 17.1 Å². The van der Waals surface area contributed by atoms with E-state index in [-0.39, 0.29) is 5.56 Å². The van der Waals surface area contributed by atoms with Gasteiger partial charge in [0.2, 0.25) is 0 Å². The number of nitriles is 1. The predicted molar refractivity (Wildman–Crippen MR) is 148 cm³/mol. The van der Waals surface area contributed by atoms with Crippen LogP contribution in [0.5, 0.6) is 5.75 Å². The predicted octanol–water partition coefficient (Wildman–Crippen LogP) is 4.80. The van der Waals surface area contributed by atoms with Crippen molar-refractivity contribution in [3.63, 3.8) is 0 Å². The van der Waals surface area contributed by atoms with Gasteiger partial charge in [-0.25, -0.2) is 14.4 Å². The van der Waals surface area contributed by atoms with Crippen LogP contribution in [-0.4, -0.2) is 72.0 Å². The lowest BCUT2D eigenvalue weighted by atomic mass is 10.1. The van der Waals surface area contributed by atoms with Crippen molar-refractivity contribution < 1.29 is 13.9 Å². The number of morpholine rings is 1. The fourth-order valence-corrected chi connectivity index (χ4v) is 5.36. The number of benzene rings is 2. The van der Waals surface area contributed by atoms with E-state index >= 15 is 0 Å². The van der Waals surface area contributed by atoms with Crippen LogP contribution in [0.4, 0.5) is 10.1 Å². The van der Waals surface area contributed by atoms with Gasteiger partial charge in [-0.15, -0.1) is 0 Å². The van der Waals surface area contributed by atoms with Crippen LogP contribution in [0.3, 0.4) is 0 Å². The standard InChI is InChI=1S/C30H31FN6O2/c31-26-19-22(7-8-23(26)21-32)29-34-28-27(36-11-2-1-3-12-36)9-10-33-30(28)37(29)24-5-4-6-25(20-24)39-18-15-35-13-16-38-17-14-35/h4-10,19-20H,1-3,11-18H2. The van der Waals surface area contributed by atoms with Crippen molar-refractivity contribution in [2.45, 2.75) is 19.3 Å². The van der Waals surface area contributed by atoms with Crippen LogP contribution >= 0.6 is 0 Å². The van der Waals surface area contributed by atoms with Crippen LogP contribution in [0.2, 0.25) is 0 Å². The lowest BCUT2D eigenvalue weighted by Gasteiger charge is -2.28. The number of halogens is 1. The zero-order valence-electron chi connectivity index (χ0n) is 21.9. The molecular formula is C30H31FN6O2. The average molecular weight is 527 g/mol. The summed E-state index contributed by atoms with van der Waals surface area (Å²) >= 11 is 0. The van der Waals surface area contributed by atoms with Gasteiger partial charge in [-0.1, -0.05) is 6.07 Å². The van der Waals surface area contributed by atoms with Crippen LogP contribution in [0.25, 0.3) is 28.2 Å². The zero-order valence-corrected chi connectivity index (χ0v) is 21.9. The second kappa shape index (κ2) is 11.4. The van der Waals surface area contributed by atoms with E-state index in [1.165, 1.54) is 18.6 Å². The van der Waals surface area contributed by atoms with Gasteiger partial charge in [0.05, 0.1) is 30.2 Å². The Morgan fingerprint density at radius 2 is 1.85 bits per heavy atom. The first-order valence-corrected chi connectivity index (χ1v) is 13.6. The molecule has 39 heavy (non-hydrogen) atoms. The average Bonchev–Trinajstić information content (AvgIpc) is 3.38. The highest BCUT2D eigenvalue weighted by atomic mass is 19.1. The van der Waals surface area contributed by atoms with Gasteiger partial charge < -0.3 is 14.4 Å². The van der Waals surface area contributed by atoms with E-state index in [4.69, 9.17) is 19.4 Å². The molecule has 2 aromatic carbocycles. The molecule has 2 aliphatic rings. The summed E-state index contributed by atoms with van der Waals surface area (Å²) in [6.07, 6.45) is 5.33. The summed E-state index contributed by atoms with van der Waals surface area (Å²) in [6.45, 7) is 6.69. The van der Waals surface area contributed by atoms with Crippen LogP contribution in [0.15, 0.2) is 54.7 Å². The van der Waals surface area contributed by atoms with E-state index < -0.39 is 5.82 Å². The minimum absolute atomic E-state index is 0.00390. The number of hydrogen-bond donors (Lipinski definition) is 0. The van der Waals surface area contributed by atoms with Gasteiger partial charge in [0, 0.05) is 50.6 Å². The van der Waals surface area contributed by atoms with Crippen molar-refractivity contribution in [2.24, 2.45) is 0 Å². The third kappa shape index (κ3) is 5.31. The second-order valence-electron chi connectivity index (χ2n) is 9.93. The highest BCUT2D eigenvalue weighted by molar-refractivity contribution is 5.90. The van der Waals surface area contributed by atoms with E-state index in [2.05, 4.69) is 9.80 Å². The maximum atomic E-state index is 14.7. The van der Waals surface area contributed by atoms with Gasteiger partial charge in [-0.2, -0.15) is 5.26 Å². The Hall–Kier alpha value is -4.00. The number of nitrogens with zero attached hydrogens (tertiary/aromatic N) is 6. The topological polar surface area (TPSA) is 79.4 Å². The molecule has 8 nitrogen and oxygen atoms in total. The summed E-state index contributed by atoms with van der Waals surface area (Å²) < 4.78 is 28.3. The lowest BCUT2D eigenvalue weighted by Crippen LogP contribution is -2.38. The molecule has 200 valence electrons. The van der Waals surface area contributed by atoms with Crippen molar-refractivity contribution in [2.75, 3.05) is 57.4 Å². The first kappa shape index (κ1) is 25.3. The highest BCUT2D eigenvalue weighted by Gasteiger charge is 2.22. The fourth-order valence-electron chi connectivity index (χ4n) is 5.36. The highest BCUT2D eigenvalue weighted by Crippen LogP contribution is 2.34. The third-order valence-electron chi connectivity index (χ3n) is 7.43. The molecule has 0 atom stereocenters. The molecule has 0 radical (unpaired) electrons. The molecule has 2 aliphatic heterocycles. The smallest absolute Gasteiger partial charge is 0.167 e. The molecule has 2 fully saturated rings. The van der Waals surface area contributed by atoms with Crippen molar-refractivity contribution >= 4 is 16.9 Å². The van der Waals surface area contributed by atoms with Gasteiger partial charge in [0.1, 0.15) is 35.6 Å². The number of anilines is 1. The summed E-state index contributed by atoms with van der Waals surface area (Å²) in [5, 5.41) is 9.24. The Balaban J connectivity index is 1.40. The number of fused-ring (bicyclic) bond motifs is 1. The molecule has 6 rings (SSSR count). The Kier molecular flexibility index (Phi) is 7.39. The molecule has 4 heterocycles. The Morgan fingerprint density at radius 3 is 2.64 bits per heavy atom. The van der Waals surface area contributed by atoms with Crippen molar-refractivity contribution in [1.82, 2.24) is 19.4 Å². The molecule has 0 amide bonds. The van der Waals surface area contributed by atoms with Gasteiger partial charge in [-0.05, 0) is 55.7 Å². The van der Waals surface area contributed by atoms with Gasteiger partial charge in [-0.3, -0.25) is 9.47 Å². The molecule has 2 aromatic heterocycles. The zero-order chi connectivity index (χ0) is 26.6. The molecular weight excluding hydrogens is 495 g/mol. The quantitative estimate of drug-likeness (QED) is 0.342. The minimum Gasteiger partial charge on any atom is -0.492 e. The van der Waals surface area contributed by atoms with Crippen molar-refractivity contribution in [3.8, 4) is 28.9 Å². The molecule has 0 saturated carbocycles. The van der Waals surface area contributed by atoms with E-state index in [9.17, 15) is 9.65 Å². The minimum atomic E-state index is -0.571. The maximum Gasteiger partial charge on any atom is 0.167 e. The largest absolute Gasteiger partial charge is 0.492 e. The first-order chi connectivity index (χ1) is 19.2. The number of rotatable bonds is 7. The van der Waals surface area contributed by atoms with Crippen LogP contribution in [0.1, 0.15) is 24.8 Å². The molecule has 4 aromatic rings. The molecule has 0 N–H and O–H groups in total. The number of pyridine rings is 1. The Bertz CT molecular complexity index is 1500. The molecule has 9 heteroatoms. The van der Waals surface area contributed by atoms with Gasteiger partial charge >= 0.3 is 0 Å². The molecule has 2 saturated heterocycles. The second-order valence-corrected chi connectivity index (χ2v) is 9.93. The number of hydrogen-bond acceptors (Lipinski definition) is 7. The van der Waals surface area contributed by atoms with Gasteiger partial charge in [0.15, 0.2) is 5.65 Å². The normalized spacial score (nSPS) is 16.4. The van der Waals surface area contributed by atoms with Crippen LogP contribution in [-0.2, 0) is 4.74 Å². The van der Waals surface area contributed by atoms with E-state index in [1.54, 1.807) is 6.07 Å². The van der Waals surface area contributed by atoms with E-state index in [1.807, 2.05) is 47.2 Å². The van der Waals surface area contributed by atoms with Crippen molar-refractivity contribution in [3.05, 3.63) is 66.1 Å².